The Morgan fingerprint density at radius 3 is 2.60 bits per heavy atom. The van der Waals surface area contributed by atoms with E-state index in [1.807, 2.05) is 65.7 Å². The molecule has 11 heteroatoms. The van der Waals surface area contributed by atoms with Gasteiger partial charge in [0.1, 0.15) is 5.75 Å². The van der Waals surface area contributed by atoms with Crippen molar-refractivity contribution in [3.8, 4) is 5.75 Å². The number of carbonyl (C=O) groups is 1. The number of nitrogens with zero attached hydrogens (tertiary/aromatic N) is 5. The van der Waals surface area contributed by atoms with Crippen LogP contribution in [0, 0.1) is 0 Å². The van der Waals surface area contributed by atoms with Crippen LogP contribution in [0.4, 0.5) is 5.69 Å². The number of rotatable bonds is 12. The van der Waals surface area contributed by atoms with E-state index in [0.29, 0.717) is 61.9 Å². The van der Waals surface area contributed by atoms with Crippen molar-refractivity contribution in [3.05, 3.63) is 112 Å². The molecule has 3 aromatic carbocycles. The first-order chi connectivity index (χ1) is 21.1. The normalized spacial score (nSPS) is 20.2. The highest BCUT2D eigenvalue weighted by atomic mass is 16.5. The summed E-state index contributed by atoms with van der Waals surface area (Å²) in [6.45, 7) is 2.52. The van der Waals surface area contributed by atoms with Crippen molar-refractivity contribution >= 4 is 23.6 Å². The second-order valence-electron chi connectivity index (χ2n) is 10.1. The second kappa shape index (κ2) is 14.5. The first-order valence-corrected chi connectivity index (χ1v) is 14.2. The molecular weight excluding hydrogens is 548 g/mol. The van der Waals surface area contributed by atoms with Crippen LogP contribution >= 0.6 is 0 Å². The summed E-state index contributed by atoms with van der Waals surface area (Å²) in [7, 11) is 0. The molecule has 2 atom stereocenters. The Labute approximate surface area is 250 Å². The Morgan fingerprint density at radius 2 is 1.86 bits per heavy atom. The van der Waals surface area contributed by atoms with Gasteiger partial charge in [0.25, 0.3) is 5.91 Å². The highest BCUT2D eigenvalue weighted by Crippen LogP contribution is 2.45. The third kappa shape index (κ3) is 7.22. The number of morpholine rings is 1. The fourth-order valence-electron chi connectivity index (χ4n) is 5.00. The van der Waals surface area contributed by atoms with Crippen molar-refractivity contribution < 1.29 is 24.1 Å². The molecule has 1 fully saturated rings. The monoisotopic (exact) mass is 582 g/mol. The van der Waals surface area contributed by atoms with E-state index in [1.54, 1.807) is 30.3 Å². The van der Waals surface area contributed by atoms with Crippen LogP contribution in [-0.4, -0.2) is 67.0 Å². The summed E-state index contributed by atoms with van der Waals surface area (Å²) >= 11 is 0. The summed E-state index contributed by atoms with van der Waals surface area (Å²) in [6, 6.07) is 24.1. The zero-order valence-corrected chi connectivity index (χ0v) is 23.7. The van der Waals surface area contributed by atoms with Gasteiger partial charge in [-0.05, 0) is 35.4 Å². The average Bonchev–Trinajstić information content (AvgIpc) is 3.43. The van der Waals surface area contributed by atoms with Crippen LogP contribution in [0.2, 0.25) is 0 Å². The van der Waals surface area contributed by atoms with Gasteiger partial charge in [-0.2, -0.15) is 0 Å². The number of azide groups is 1. The number of nitrogens with one attached hydrogen (secondary N) is 1. The molecule has 222 valence electrons. The standard InChI is InChI=1S/C32H34N6O5/c33-37-35-28-12-5-4-11-27(28)29-32(17-6-10-24-8-2-1-3-9-24,31(40)36-38-18-22-41-23-19-38)34-30(43-29)25-13-15-26(16-14-25)42-21-7-20-39/h1-6,8-16,29,39H,7,17-23H2,(H,36,40)/b10-6+/t29-,32-/m0/s1. The van der Waals surface area contributed by atoms with Gasteiger partial charge in [0.15, 0.2) is 11.6 Å². The molecule has 0 unspecified atom stereocenters. The number of hydrazine groups is 1. The lowest BCUT2D eigenvalue weighted by Crippen LogP contribution is -2.56. The molecule has 2 aliphatic heterocycles. The molecule has 3 aromatic rings. The van der Waals surface area contributed by atoms with Crippen molar-refractivity contribution in [1.29, 1.82) is 0 Å². The van der Waals surface area contributed by atoms with Crippen LogP contribution in [0.3, 0.4) is 0 Å². The first kappa shape index (κ1) is 29.8. The number of hydrogen-bond acceptors (Lipinski definition) is 8. The first-order valence-electron chi connectivity index (χ1n) is 14.2. The number of aliphatic hydroxyl groups excluding tert-OH is 1. The molecule has 2 N–H and O–H groups in total. The smallest absolute Gasteiger partial charge is 0.266 e. The van der Waals surface area contributed by atoms with Crippen molar-refractivity contribution in [1.82, 2.24) is 10.4 Å². The lowest BCUT2D eigenvalue weighted by molar-refractivity contribution is -0.136. The van der Waals surface area contributed by atoms with Gasteiger partial charge in [-0.3, -0.25) is 10.2 Å². The SMILES string of the molecule is [N-]=[N+]=Nc1ccccc1[C@@H]1OC(c2ccc(OCCCO)cc2)=N[C@]1(C/C=C/c1ccccc1)C(=O)NN1CCOCC1. The summed E-state index contributed by atoms with van der Waals surface area (Å²) in [4.78, 5) is 22.4. The van der Waals surface area contributed by atoms with E-state index in [9.17, 15) is 10.3 Å². The number of benzene rings is 3. The molecule has 0 aromatic heterocycles. The Morgan fingerprint density at radius 1 is 1.12 bits per heavy atom. The Balaban J connectivity index is 1.56. The molecule has 0 saturated carbocycles. The Bertz CT molecular complexity index is 1480. The van der Waals surface area contributed by atoms with Gasteiger partial charge in [0.05, 0.1) is 19.8 Å². The molecule has 2 heterocycles. The number of amides is 1. The number of hydrogen-bond donors (Lipinski definition) is 2. The van der Waals surface area contributed by atoms with Crippen LogP contribution in [0.1, 0.15) is 35.6 Å². The quantitative estimate of drug-likeness (QED) is 0.132. The van der Waals surface area contributed by atoms with Crippen LogP contribution in [0.15, 0.2) is 95.0 Å². The molecule has 0 radical (unpaired) electrons. The maximum absolute atomic E-state index is 14.4. The topological polar surface area (TPSA) is 141 Å². The summed E-state index contributed by atoms with van der Waals surface area (Å²) < 4.78 is 17.7. The fraction of sp³-hybridized carbons (Fsp3) is 0.312. The molecule has 0 bridgehead atoms. The van der Waals surface area contributed by atoms with E-state index in [-0.39, 0.29) is 24.8 Å². The van der Waals surface area contributed by atoms with Crippen LogP contribution < -0.4 is 10.2 Å². The minimum absolute atomic E-state index is 0.0504. The molecule has 1 amide bonds. The highest BCUT2D eigenvalue weighted by Gasteiger charge is 2.53. The molecule has 43 heavy (non-hydrogen) atoms. The Hall–Kier alpha value is -4.67. The lowest BCUT2D eigenvalue weighted by atomic mass is 9.83. The maximum Gasteiger partial charge on any atom is 0.266 e. The zero-order valence-electron chi connectivity index (χ0n) is 23.7. The van der Waals surface area contributed by atoms with E-state index < -0.39 is 11.6 Å². The van der Waals surface area contributed by atoms with Gasteiger partial charge < -0.3 is 19.3 Å². The number of ether oxygens (including phenoxy) is 3. The lowest BCUT2D eigenvalue weighted by Gasteiger charge is -2.34. The van der Waals surface area contributed by atoms with Crippen LogP contribution in [-0.2, 0) is 14.3 Å². The minimum Gasteiger partial charge on any atom is -0.494 e. The molecule has 1 saturated heterocycles. The van der Waals surface area contributed by atoms with Gasteiger partial charge in [0, 0.05) is 54.3 Å². The fourth-order valence-corrected chi connectivity index (χ4v) is 5.00. The summed E-state index contributed by atoms with van der Waals surface area (Å²) in [5.41, 5.74) is 13.5. The summed E-state index contributed by atoms with van der Waals surface area (Å²) in [6.07, 6.45) is 3.71. The largest absolute Gasteiger partial charge is 0.494 e. The molecule has 2 aliphatic rings. The third-order valence-electron chi connectivity index (χ3n) is 7.21. The number of carbonyl (C=O) groups excluding carboxylic acids is 1. The number of aliphatic hydroxyl groups is 1. The van der Waals surface area contributed by atoms with Crippen LogP contribution in [0.5, 0.6) is 5.75 Å². The van der Waals surface area contributed by atoms with E-state index in [2.05, 4.69) is 15.5 Å². The molecule has 0 spiro atoms. The number of aliphatic imine (C=N–C) groups is 1. The highest BCUT2D eigenvalue weighted by molar-refractivity contribution is 6.01. The van der Waals surface area contributed by atoms with Gasteiger partial charge in [-0.15, -0.1) is 0 Å². The predicted octanol–water partition coefficient (Wildman–Crippen LogP) is 5.11. The summed E-state index contributed by atoms with van der Waals surface area (Å²) in [5, 5.41) is 14.8. The minimum atomic E-state index is -1.43. The average molecular weight is 583 g/mol. The van der Waals surface area contributed by atoms with E-state index in [1.165, 1.54) is 0 Å². The third-order valence-corrected chi connectivity index (χ3v) is 7.21. The zero-order chi connectivity index (χ0) is 29.9. The van der Waals surface area contributed by atoms with Crippen LogP contribution in [0.25, 0.3) is 16.5 Å². The van der Waals surface area contributed by atoms with Crippen molar-refractivity contribution in [2.24, 2.45) is 10.1 Å². The maximum atomic E-state index is 14.4. The Kier molecular flexibility index (Phi) is 10.0. The van der Waals surface area contributed by atoms with Crippen molar-refractivity contribution in [2.75, 3.05) is 39.5 Å². The van der Waals surface area contributed by atoms with Crippen molar-refractivity contribution in [3.63, 3.8) is 0 Å². The molecule has 0 aliphatic carbocycles. The van der Waals surface area contributed by atoms with E-state index in [0.717, 1.165) is 5.56 Å². The van der Waals surface area contributed by atoms with E-state index >= 15 is 0 Å². The van der Waals surface area contributed by atoms with Gasteiger partial charge in [-0.25, -0.2) is 10.0 Å². The molecule has 5 rings (SSSR count). The predicted molar refractivity (Wildman–Crippen MR) is 163 cm³/mol. The van der Waals surface area contributed by atoms with Crippen molar-refractivity contribution in [2.45, 2.75) is 24.5 Å². The second-order valence-corrected chi connectivity index (χ2v) is 10.1. The van der Waals surface area contributed by atoms with Gasteiger partial charge >= 0.3 is 0 Å². The van der Waals surface area contributed by atoms with Gasteiger partial charge in [0.2, 0.25) is 5.90 Å². The van der Waals surface area contributed by atoms with E-state index in [4.69, 9.17) is 24.3 Å². The summed E-state index contributed by atoms with van der Waals surface area (Å²) in [5.74, 6) is 0.586. The van der Waals surface area contributed by atoms with Gasteiger partial charge in [-0.1, -0.05) is 71.9 Å². The molecule has 11 nitrogen and oxygen atoms in total. The molecular formula is C32H34N6O5.